The molecule has 0 saturated heterocycles. The van der Waals surface area contributed by atoms with Crippen LogP contribution in [-0.4, -0.2) is 43.4 Å². The number of nitrogens with zero attached hydrogens (tertiary/aromatic N) is 2. The Kier molecular flexibility index (Phi) is 7.72. The smallest absolute Gasteiger partial charge is 0.328 e. The van der Waals surface area contributed by atoms with Crippen molar-refractivity contribution in [3.05, 3.63) is 58.5 Å². The van der Waals surface area contributed by atoms with Gasteiger partial charge in [0.1, 0.15) is 17.9 Å². The van der Waals surface area contributed by atoms with Gasteiger partial charge < -0.3 is 10.2 Å². The van der Waals surface area contributed by atoms with E-state index >= 15 is 0 Å². The van der Waals surface area contributed by atoms with Gasteiger partial charge in [-0.2, -0.15) is 0 Å². The van der Waals surface area contributed by atoms with Crippen LogP contribution < -0.4 is 11.0 Å². The number of hydrogen-bond donors (Lipinski definition) is 3. The van der Waals surface area contributed by atoms with E-state index in [1.807, 2.05) is 13.8 Å². The second-order valence-corrected chi connectivity index (χ2v) is 7.38. The molecule has 1 heterocycles. The van der Waals surface area contributed by atoms with Gasteiger partial charge in [-0.3, -0.25) is 24.0 Å². The van der Waals surface area contributed by atoms with E-state index in [0.29, 0.717) is 13.0 Å². The zero-order chi connectivity index (χ0) is 21.6. The summed E-state index contributed by atoms with van der Waals surface area (Å²) in [5.41, 5.74) is 0.331. The number of carbonyl (C=O) groups is 2. The third-order valence-corrected chi connectivity index (χ3v) is 4.53. The van der Waals surface area contributed by atoms with Crippen LogP contribution in [-0.2, 0) is 29.1 Å². The molecule has 1 aromatic heterocycles. The van der Waals surface area contributed by atoms with Crippen LogP contribution >= 0.6 is 0 Å². The second kappa shape index (κ2) is 10.0. The fraction of sp³-hybridized carbons (Fsp3) is 0.450. The molecule has 1 aromatic carbocycles. The summed E-state index contributed by atoms with van der Waals surface area (Å²) in [6, 6.07) is 3.84. The van der Waals surface area contributed by atoms with Gasteiger partial charge in [0, 0.05) is 18.9 Å². The standard InChI is InChI=1S/C20H26FN3O5/c1-13(2)10-16(18(25)26)22-17(19(27)28)12-24-9-8-23(20(24)29)7-6-14-4-3-5-15(21)11-14/h3-5,8-9,11,13,16-17,22H,6-7,10,12H2,1-2H3,(H,25,26)(H,27,28)/t16-,17?/m0/s1. The van der Waals surface area contributed by atoms with Gasteiger partial charge in [-0.05, 0) is 36.5 Å². The lowest BCUT2D eigenvalue weighted by molar-refractivity contribution is -0.143. The molecule has 0 aliphatic heterocycles. The maximum atomic E-state index is 13.3. The van der Waals surface area contributed by atoms with Crippen LogP contribution in [0.5, 0.6) is 0 Å². The number of aromatic nitrogens is 2. The highest BCUT2D eigenvalue weighted by atomic mass is 19.1. The highest BCUT2D eigenvalue weighted by molar-refractivity contribution is 5.77. The van der Waals surface area contributed by atoms with Crippen LogP contribution in [0.3, 0.4) is 0 Å². The average Bonchev–Trinajstić information content (AvgIpc) is 2.98. The van der Waals surface area contributed by atoms with Crippen molar-refractivity contribution in [2.24, 2.45) is 5.92 Å². The molecular weight excluding hydrogens is 381 g/mol. The lowest BCUT2D eigenvalue weighted by atomic mass is 10.0. The molecule has 158 valence electrons. The summed E-state index contributed by atoms with van der Waals surface area (Å²) in [6.45, 7) is 3.79. The first kappa shape index (κ1) is 22.4. The van der Waals surface area contributed by atoms with E-state index in [1.54, 1.807) is 12.1 Å². The van der Waals surface area contributed by atoms with Gasteiger partial charge in [-0.15, -0.1) is 0 Å². The van der Waals surface area contributed by atoms with Gasteiger partial charge in [0.15, 0.2) is 0 Å². The van der Waals surface area contributed by atoms with E-state index in [2.05, 4.69) is 5.32 Å². The van der Waals surface area contributed by atoms with Gasteiger partial charge in [-0.1, -0.05) is 26.0 Å². The Morgan fingerprint density at radius 3 is 2.34 bits per heavy atom. The van der Waals surface area contributed by atoms with E-state index in [4.69, 9.17) is 0 Å². The van der Waals surface area contributed by atoms with E-state index < -0.39 is 29.7 Å². The SMILES string of the molecule is CC(C)C[C@H](NC(Cn1ccn(CCc2cccc(F)c2)c1=O)C(=O)O)C(=O)O. The van der Waals surface area contributed by atoms with Crippen molar-refractivity contribution in [1.29, 1.82) is 0 Å². The van der Waals surface area contributed by atoms with Crippen LogP contribution in [0.2, 0.25) is 0 Å². The van der Waals surface area contributed by atoms with Gasteiger partial charge in [0.2, 0.25) is 0 Å². The quantitative estimate of drug-likeness (QED) is 0.521. The van der Waals surface area contributed by atoms with Crippen molar-refractivity contribution in [3.8, 4) is 0 Å². The normalized spacial score (nSPS) is 13.4. The minimum Gasteiger partial charge on any atom is -0.480 e. The van der Waals surface area contributed by atoms with Crippen molar-refractivity contribution in [3.63, 3.8) is 0 Å². The monoisotopic (exact) mass is 407 g/mol. The largest absolute Gasteiger partial charge is 0.480 e. The highest BCUT2D eigenvalue weighted by Crippen LogP contribution is 2.08. The van der Waals surface area contributed by atoms with Crippen LogP contribution in [0.4, 0.5) is 4.39 Å². The maximum absolute atomic E-state index is 13.3. The number of nitrogens with one attached hydrogen (secondary N) is 1. The summed E-state index contributed by atoms with van der Waals surface area (Å²) in [5.74, 6) is -2.66. The molecule has 0 spiro atoms. The minimum absolute atomic E-state index is 0.0599. The first-order valence-electron chi connectivity index (χ1n) is 9.39. The summed E-state index contributed by atoms with van der Waals surface area (Å²) >= 11 is 0. The molecule has 1 unspecified atom stereocenters. The first-order chi connectivity index (χ1) is 13.7. The predicted molar refractivity (Wildman–Crippen MR) is 104 cm³/mol. The molecule has 0 aliphatic carbocycles. The molecular formula is C20H26FN3O5. The number of hydrogen-bond acceptors (Lipinski definition) is 4. The Morgan fingerprint density at radius 1 is 1.10 bits per heavy atom. The highest BCUT2D eigenvalue weighted by Gasteiger charge is 2.27. The van der Waals surface area contributed by atoms with Crippen molar-refractivity contribution >= 4 is 11.9 Å². The van der Waals surface area contributed by atoms with Gasteiger partial charge in [0.25, 0.3) is 0 Å². The Labute approximate surface area is 167 Å². The third kappa shape index (κ3) is 6.56. The van der Waals surface area contributed by atoms with E-state index in [0.717, 1.165) is 5.56 Å². The number of aliphatic carboxylic acids is 2. The van der Waals surface area contributed by atoms with Crippen LogP contribution in [0.25, 0.3) is 0 Å². The molecule has 0 aliphatic rings. The maximum Gasteiger partial charge on any atom is 0.328 e. The number of aryl methyl sites for hydroxylation is 2. The van der Waals surface area contributed by atoms with E-state index in [-0.39, 0.29) is 24.7 Å². The zero-order valence-electron chi connectivity index (χ0n) is 16.4. The Bertz CT molecular complexity index is 906. The summed E-state index contributed by atoms with van der Waals surface area (Å²) in [4.78, 5) is 35.5. The zero-order valence-corrected chi connectivity index (χ0v) is 16.4. The number of imidazole rings is 1. The molecule has 0 fully saturated rings. The molecule has 2 aromatic rings. The Morgan fingerprint density at radius 2 is 1.76 bits per heavy atom. The average molecular weight is 407 g/mol. The fourth-order valence-corrected chi connectivity index (χ4v) is 3.06. The Balaban J connectivity index is 2.07. The van der Waals surface area contributed by atoms with Gasteiger partial charge in [0.05, 0.1) is 6.54 Å². The molecule has 0 radical (unpaired) electrons. The molecule has 8 nitrogen and oxygen atoms in total. The Hall–Kier alpha value is -2.94. The van der Waals surface area contributed by atoms with Crippen molar-refractivity contribution in [2.45, 2.75) is 51.9 Å². The van der Waals surface area contributed by atoms with Crippen LogP contribution in [0, 0.1) is 11.7 Å². The minimum atomic E-state index is -1.24. The lowest BCUT2D eigenvalue weighted by Crippen LogP contribution is -2.50. The topological polar surface area (TPSA) is 114 Å². The second-order valence-electron chi connectivity index (χ2n) is 7.38. The van der Waals surface area contributed by atoms with E-state index in [9.17, 15) is 29.0 Å². The molecule has 0 bridgehead atoms. The molecule has 0 amide bonds. The van der Waals surface area contributed by atoms with Crippen molar-refractivity contribution < 1.29 is 24.2 Å². The van der Waals surface area contributed by atoms with Crippen molar-refractivity contribution in [2.75, 3.05) is 0 Å². The number of carboxylic acid groups (broad SMARTS) is 2. The van der Waals surface area contributed by atoms with Gasteiger partial charge in [-0.25, -0.2) is 9.18 Å². The number of rotatable bonds is 11. The first-order valence-corrected chi connectivity index (χ1v) is 9.39. The summed E-state index contributed by atoms with van der Waals surface area (Å²) in [5, 5.41) is 21.4. The number of benzene rings is 1. The molecule has 29 heavy (non-hydrogen) atoms. The number of carboxylic acids is 2. The molecule has 2 rings (SSSR count). The summed E-state index contributed by atoms with van der Waals surface area (Å²) in [7, 11) is 0. The summed E-state index contributed by atoms with van der Waals surface area (Å²) in [6.07, 6.45) is 3.70. The van der Waals surface area contributed by atoms with Crippen molar-refractivity contribution in [1.82, 2.24) is 14.5 Å². The molecule has 2 atom stereocenters. The fourth-order valence-electron chi connectivity index (χ4n) is 3.06. The summed E-state index contributed by atoms with van der Waals surface area (Å²) < 4.78 is 15.9. The van der Waals surface area contributed by atoms with E-state index in [1.165, 1.54) is 33.7 Å². The van der Waals surface area contributed by atoms with Gasteiger partial charge >= 0.3 is 17.6 Å². The number of halogens is 1. The van der Waals surface area contributed by atoms with Crippen LogP contribution in [0.1, 0.15) is 25.8 Å². The molecule has 3 N–H and O–H groups in total. The molecule has 0 saturated carbocycles. The predicted octanol–water partition coefficient (Wildman–Crippen LogP) is 1.57. The molecule has 9 heteroatoms. The lowest BCUT2D eigenvalue weighted by Gasteiger charge is -2.21. The van der Waals surface area contributed by atoms with Crippen LogP contribution in [0.15, 0.2) is 41.5 Å². The third-order valence-electron chi connectivity index (χ3n) is 4.53.